The molecule has 1 N–H and O–H groups in total. The van der Waals surface area contributed by atoms with Gasteiger partial charge in [-0.1, -0.05) is 18.5 Å². The summed E-state index contributed by atoms with van der Waals surface area (Å²) in [6.07, 6.45) is 0.706. The van der Waals surface area contributed by atoms with Gasteiger partial charge in [-0.2, -0.15) is 0 Å². The molecule has 94 valence electrons. The molecule has 5 nitrogen and oxygen atoms in total. The average Bonchev–Trinajstić information content (AvgIpc) is 2.34. The van der Waals surface area contributed by atoms with E-state index in [1.54, 1.807) is 18.0 Å². The van der Waals surface area contributed by atoms with Crippen LogP contribution in [0, 0.1) is 0 Å². The second kappa shape index (κ2) is 6.39. The van der Waals surface area contributed by atoms with Crippen molar-refractivity contribution in [2.45, 2.75) is 20.3 Å². The van der Waals surface area contributed by atoms with Crippen molar-refractivity contribution in [3.05, 3.63) is 17.0 Å². The molecule has 0 bridgehead atoms. The van der Waals surface area contributed by atoms with Crippen LogP contribution in [-0.2, 0) is 11.2 Å². The lowest BCUT2D eigenvalue weighted by Crippen LogP contribution is -2.32. The van der Waals surface area contributed by atoms with E-state index in [9.17, 15) is 4.79 Å². The van der Waals surface area contributed by atoms with Crippen LogP contribution in [0.5, 0.6) is 0 Å². The molecule has 0 fully saturated rings. The Morgan fingerprint density at radius 3 is 2.76 bits per heavy atom. The largest absolute Gasteiger partial charge is 0.361 e. The van der Waals surface area contributed by atoms with Crippen molar-refractivity contribution in [2.24, 2.45) is 0 Å². The number of carbonyl (C=O) groups excluding carboxylic acids is 1. The Morgan fingerprint density at radius 1 is 1.47 bits per heavy atom. The molecular formula is C11H17ClN4O. The summed E-state index contributed by atoms with van der Waals surface area (Å²) in [6, 6.07) is 1.61. The summed E-state index contributed by atoms with van der Waals surface area (Å²) >= 11 is 5.85. The number of hydrogen-bond donors (Lipinski definition) is 1. The first-order valence-electron chi connectivity index (χ1n) is 5.58. The van der Waals surface area contributed by atoms with E-state index in [2.05, 4.69) is 15.3 Å². The molecule has 0 aliphatic carbocycles. The van der Waals surface area contributed by atoms with Crippen LogP contribution in [0.2, 0.25) is 5.15 Å². The fourth-order valence-electron chi connectivity index (χ4n) is 1.19. The third kappa shape index (κ3) is 4.19. The molecular weight excluding hydrogens is 240 g/mol. The number of hydrogen-bond acceptors (Lipinski definition) is 4. The highest BCUT2D eigenvalue weighted by atomic mass is 35.5. The molecule has 1 amide bonds. The Kier molecular flexibility index (Phi) is 5.15. The van der Waals surface area contributed by atoms with E-state index >= 15 is 0 Å². The van der Waals surface area contributed by atoms with Crippen LogP contribution in [0.25, 0.3) is 0 Å². The van der Waals surface area contributed by atoms with Crippen LogP contribution < -0.4 is 5.32 Å². The molecule has 0 radical (unpaired) electrons. The van der Waals surface area contributed by atoms with Crippen LogP contribution in [0.4, 0.5) is 5.82 Å². The second-order valence-electron chi connectivity index (χ2n) is 3.61. The molecule has 6 heteroatoms. The quantitative estimate of drug-likeness (QED) is 0.813. The number of likely N-dealkylation sites (N-methyl/N-ethyl adjacent to an activating group) is 1. The van der Waals surface area contributed by atoms with E-state index in [1.807, 2.05) is 13.8 Å². The normalized spacial score (nSPS) is 10.1. The molecule has 1 aromatic heterocycles. The second-order valence-corrected chi connectivity index (χ2v) is 3.99. The number of nitrogens with zero attached hydrogens (tertiary/aromatic N) is 3. The van der Waals surface area contributed by atoms with Gasteiger partial charge in [0.25, 0.3) is 0 Å². The Bertz CT molecular complexity index is 397. The zero-order chi connectivity index (χ0) is 12.8. The summed E-state index contributed by atoms with van der Waals surface area (Å²) in [6.45, 7) is 4.77. The molecule has 0 aliphatic rings. The summed E-state index contributed by atoms with van der Waals surface area (Å²) in [5.41, 5.74) is 0. The Labute approximate surface area is 106 Å². The summed E-state index contributed by atoms with van der Waals surface area (Å²) in [7, 11) is 1.76. The number of anilines is 1. The van der Waals surface area contributed by atoms with E-state index in [1.165, 1.54) is 0 Å². The maximum absolute atomic E-state index is 11.6. The minimum atomic E-state index is 0.0142. The van der Waals surface area contributed by atoms with E-state index in [0.717, 1.165) is 0 Å². The highest BCUT2D eigenvalue weighted by Gasteiger charge is 2.07. The zero-order valence-electron chi connectivity index (χ0n) is 10.3. The monoisotopic (exact) mass is 256 g/mol. The lowest BCUT2D eigenvalue weighted by atomic mass is 10.4. The number of aryl methyl sites for hydroxylation is 1. The van der Waals surface area contributed by atoms with Crippen LogP contribution >= 0.6 is 11.6 Å². The number of amides is 1. The molecule has 0 spiro atoms. The van der Waals surface area contributed by atoms with Gasteiger partial charge >= 0.3 is 0 Å². The number of aromatic nitrogens is 2. The van der Waals surface area contributed by atoms with Gasteiger partial charge in [-0.3, -0.25) is 4.79 Å². The third-order valence-electron chi connectivity index (χ3n) is 2.38. The van der Waals surface area contributed by atoms with Crippen molar-refractivity contribution in [3.63, 3.8) is 0 Å². The number of nitrogens with one attached hydrogen (secondary N) is 1. The van der Waals surface area contributed by atoms with Crippen molar-refractivity contribution in [1.29, 1.82) is 0 Å². The summed E-state index contributed by atoms with van der Waals surface area (Å²) in [5, 5.41) is 3.33. The van der Waals surface area contributed by atoms with E-state index in [-0.39, 0.29) is 12.5 Å². The molecule has 0 atom stereocenters. The summed E-state index contributed by atoms with van der Waals surface area (Å²) < 4.78 is 0. The Hall–Kier alpha value is -1.36. The topological polar surface area (TPSA) is 58.1 Å². The molecule has 1 heterocycles. The fourth-order valence-corrected chi connectivity index (χ4v) is 1.39. The third-order valence-corrected chi connectivity index (χ3v) is 2.57. The lowest BCUT2D eigenvalue weighted by molar-refractivity contribution is -0.127. The van der Waals surface area contributed by atoms with Crippen molar-refractivity contribution < 1.29 is 4.79 Å². The van der Waals surface area contributed by atoms with Gasteiger partial charge in [0.2, 0.25) is 5.91 Å². The first kappa shape index (κ1) is 13.7. The summed E-state index contributed by atoms with van der Waals surface area (Å²) in [4.78, 5) is 21.5. The molecule has 0 unspecified atom stereocenters. The minimum Gasteiger partial charge on any atom is -0.361 e. The van der Waals surface area contributed by atoms with Crippen molar-refractivity contribution in [2.75, 3.05) is 25.5 Å². The van der Waals surface area contributed by atoms with E-state index < -0.39 is 0 Å². The van der Waals surface area contributed by atoms with Gasteiger partial charge < -0.3 is 10.2 Å². The molecule has 0 aliphatic heterocycles. The van der Waals surface area contributed by atoms with Crippen molar-refractivity contribution >= 4 is 23.3 Å². The fraction of sp³-hybridized carbons (Fsp3) is 0.545. The van der Waals surface area contributed by atoms with Crippen LogP contribution in [0.15, 0.2) is 6.07 Å². The van der Waals surface area contributed by atoms with Gasteiger partial charge in [0.15, 0.2) is 0 Å². The number of halogens is 1. The van der Waals surface area contributed by atoms with Crippen LogP contribution in [0.3, 0.4) is 0 Å². The van der Waals surface area contributed by atoms with Gasteiger partial charge in [0.1, 0.15) is 16.8 Å². The Balaban J connectivity index is 2.63. The maximum atomic E-state index is 11.6. The van der Waals surface area contributed by atoms with Gasteiger partial charge in [-0.15, -0.1) is 0 Å². The zero-order valence-corrected chi connectivity index (χ0v) is 11.1. The average molecular weight is 257 g/mol. The Morgan fingerprint density at radius 2 is 2.18 bits per heavy atom. The standard InChI is InChI=1S/C11H17ClN4O/c1-4-9-14-8(12)6-10(15-9)13-7-11(17)16(3)5-2/h6H,4-5,7H2,1-3H3,(H,13,14,15). The van der Waals surface area contributed by atoms with Gasteiger partial charge in [0, 0.05) is 26.1 Å². The molecule has 0 saturated heterocycles. The smallest absolute Gasteiger partial charge is 0.241 e. The SMILES string of the molecule is CCc1nc(Cl)cc(NCC(=O)N(C)CC)n1. The van der Waals surface area contributed by atoms with Gasteiger partial charge in [-0.25, -0.2) is 9.97 Å². The molecule has 0 saturated carbocycles. The predicted octanol–water partition coefficient (Wildman–Crippen LogP) is 1.58. The first-order valence-corrected chi connectivity index (χ1v) is 5.95. The highest BCUT2D eigenvalue weighted by molar-refractivity contribution is 6.29. The minimum absolute atomic E-state index is 0.0142. The van der Waals surface area contributed by atoms with Crippen molar-refractivity contribution in [3.8, 4) is 0 Å². The van der Waals surface area contributed by atoms with Crippen LogP contribution in [0.1, 0.15) is 19.7 Å². The van der Waals surface area contributed by atoms with Gasteiger partial charge in [0.05, 0.1) is 6.54 Å². The first-order chi connectivity index (χ1) is 8.06. The lowest BCUT2D eigenvalue weighted by Gasteiger charge is -2.15. The molecule has 0 aromatic carbocycles. The summed E-state index contributed by atoms with van der Waals surface area (Å²) in [5.74, 6) is 1.26. The van der Waals surface area contributed by atoms with E-state index in [0.29, 0.717) is 29.8 Å². The van der Waals surface area contributed by atoms with E-state index in [4.69, 9.17) is 11.6 Å². The molecule has 1 aromatic rings. The van der Waals surface area contributed by atoms with Crippen LogP contribution in [-0.4, -0.2) is 40.9 Å². The maximum Gasteiger partial charge on any atom is 0.241 e. The number of rotatable bonds is 5. The van der Waals surface area contributed by atoms with Crippen molar-refractivity contribution in [1.82, 2.24) is 14.9 Å². The predicted molar refractivity (Wildman–Crippen MR) is 68.2 cm³/mol. The highest BCUT2D eigenvalue weighted by Crippen LogP contribution is 2.11. The number of carbonyl (C=O) groups is 1. The molecule has 17 heavy (non-hydrogen) atoms. The molecule has 1 rings (SSSR count). The van der Waals surface area contributed by atoms with Gasteiger partial charge in [-0.05, 0) is 6.92 Å².